The SMILES string of the molecule is COc1ccc(S(=O)(=O)Nc2cnccc2Cl)cc1N. The number of hydrogen-bond acceptors (Lipinski definition) is 5. The number of nitrogens with zero attached hydrogens (tertiary/aromatic N) is 1. The summed E-state index contributed by atoms with van der Waals surface area (Å²) >= 11 is 5.89. The molecule has 20 heavy (non-hydrogen) atoms. The van der Waals surface area contributed by atoms with Crippen LogP contribution in [0.15, 0.2) is 41.6 Å². The van der Waals surface area contributed by atoms with Crippen LogP contribution in [-0.2, 0) is 10.0 Å². The van der Waals surface area contributed by atoms with Crippen molar-refractivity contribution in [1.82, 2.24) is 4.98 Å². The summed E-state index contributed by atoms with van der Waals surface area (Å²) in [4.78, 5) is 3.82. The second-order valence-corrected chi connectivity index (χ2v) is 5.95. The van der Waals surface area contributed by atoms with E-state index < -0.39 is 10.0 Å². The quantitative estimate of drug-likeness (QED) is 0.843. The van der Waals surface area contributed by atoms with Crippen LogP contribution < -0.4 is 15.2 Å². The molecule has 0 spiro atoms. The Hall–Kier alpha value is -1.99. The lowest BCUT2D eigenvalue weighted by Gasteiger charge is -2.11. The molecule has 1 heterocycles. The number of anilines is 2. The van der Waals surface area contributed by atoms with Crippen molar-refractivity contribution in [2.24, 2.45) is 0 Å². The van der Waals surface area contributed by atoms with E-state index in [1.54, 1.807) is 0 Å². The van der Waals surface area contributed by atoms with E-state index in [4.69, 9.17) is 22.1 Å². The van der Waals surface area contributed by atoms with Crippen molar-refractivity contribution in [3.8, 4) is 5.75 Å². The van der Waals surface area contributed by atoms with Gasteiger partial charge in [0, 0.05) is 6.20 Å². The molecule has 106 valence electrons. The Morgan fingerprint density at radius 1 is 1.35 bits per heavy atom. The molecule has 0 aliphatic heterocycles. The Bertz CT molecular complexity index is 734. The predicted molar refractivity (Wildman–Crippen MR) is 77.5 cm³/mol. The van der Waals surface area contributed by atoms with Crippen LogP contribution >= 0.6 is 11.6 Å². The average molecular weight is 314 g/mol. The summed E-state index contributed by atoms with van der Waals surface area (Å²) in [6.45, 7) is 0. The first-order valence-corrected chi connectivity index (χ1v) is 7.36. The number of rotatable bonds is 4. The normalized spacial score (nSPS) is 11.1. The molecule has 0 aliphatic carbocycles. The molecule has 1 aromatic carbocycles. The van der Waals surface area contributed by atoms with Crippen molar-refractivity contribution < 1.29 is 13.2 Å². The fraction of sp³-hybridized carbons (Fsp3) is 0.0833. The number of pyridine rings is 1. The van der Waals surface area contributed by atoms with Crippen LogP contribution in [0.4, 0.5) is 11.4 Å². The number of halogens is 1. The highest BCUT2D eigenvalue weighted by molar-refractivity contribution is 7.92. The van der Waals surface area contributed by atoms with E-state index in [0.717, 1.165) is 0 Å². The van der Waals surface area contributed by atoms with E-state index in [1.165, 1.54) is 43.8 Å². The molecule has 0 aliphatic rings. The zero-order chi connectivity index (χ0) is 14.8. The van der Waals surface area contributed by atoms with Crippen molar-refractivity contribution in [2.45, 2.75) is 4.90 Å². The van der Waals surface area contributed by atoms with Gasteiger partial charge in [-0.15, -0.1) is 0 Å². The highest BCUT2D eigenvalue weighted by atomic mass is 35.5. The van der Waals surface area contributed by atoms with E-state index in [-0.39, 0.29) is 21.3 Å². The first-order valence-electron chi connectivity index (χ1n) is 5.50. The number of ether oxygens (including phenoxy) is 1. The minimum atomic E-state index is -3.79. The molecule has 0 radical (unpaired) electrons. The second-order valence-electron chi connectivity index (χ2n) is 3.86. The van der Waals surface area contributed by atoms with Crippen molar-refractivity contribution >= 4 is 33.0 Å². The lowest BCUT2D eigenvalue weighted by molar-refractivity contribution is 0.416. The fourth-order valence-corrected chi connectivity index (χ4v) is 2.84. The summed E-state index contributed by atoms with van der Waals surface area (Å²) < 4.78 is 31.8. The molecule has 1 aromatic heterocycles. The van der Waals surface area contributed by atoms with Crippen LogP contribution in [0.5, 0.6) is 5.75 Å². The topological polar surface area (TPSA) is 94.3 Å². The van der Waals surface area contributed by atoms with Gasteiger partial charge in [0.05, 0.1) is 34.6 Å². The Kier molecular flexibility index (Phi) is 4.01. The summed E-state index contributed by atoms with van der Waals surface area (Å²) in [6.07, 6.45) is 2.79. The number of hydrogen-bond donors (Lipinski definition) is 2. The second kappa shape index (κ2) is 5.56. The van der Waals surface area contributed by atoms with Gasteiger partial charge in [-0.25, -0.2) is 8.42 Å². The van der Waals surface area contributed by atoms with Crippen LogP contribution in [0.25, 0.3) is 0 Å². The maximum atomic E-state index is 12.2. The minimum absolute atomic E-state index is 0.00993. The molecular formula is C12H12ClN3O3S. The van der Waals surface area contributed by atoms with Crippen molar-refractivity contribution in [3.05, 3.63) is 41.7 Å². The molecule has 2 rings (SSSR count). The van der Waals surface area contributed by atoms with Crippen LogP contribution in [-0.4, -0.2) is 20.5 Å². The maximum Gasteiger partial charge on any atom is 0.262 e. The Labute approximate surface area is 121 Å². The van der Waals surface area contributed by atoms with E-state index in [2.05, 4.69) is 9.71 Å². The molecule has 0 amide bonds. The van der Waals surface area contributed by atoms with E-state index >= 15 is 0 Å². The van der Waals surface area contributed by atoms with E-state index in [0.29, 0.717) is 5.75 Å². The molecule has 3 N–H and O–H groups in total. The van der Waals surface area contributed by atoms with Gasteiger partial charge >= 0.3 is 0 Å². The summed E-state index contributed by atoms with van der Waals surface area (Å²) in [7, 11) is -2.34. The highest BCUT2D eigenvalue weighted by Crippen LogP contribution is 2.27. The van der Waals surface area contributed by atoms with Crippen molar-refractivity contribution in [1.29, 1.82) is 0 Å². The molecule has 0 saturated carbocycles. The molecule has 0 atom stereocenters. The molecule has 8 heteroatoms. The van der Waals surface area contributed by atoms with Crippen LogP contribution in [0.3, 0.4) is 0 Å². The number of sulfonamides is 1. The van der Waals surface area contributed by atoms with Crippen LogP contribution in [0.1, 0.15) is 0 Å². The summed E-state index contributed by atoms with van der Waals surface area (Å²) in [5.41, 5.74) is 6.12. The Morgan fingerprint density at radius 3 is 2.70 bits per heavy atom. The summed E-state index contributed by atoms with van der Waals surface area (Å²) in [5, 5.41) is 0.255. The lowest BCUT2D eigenvalue weighted by Crippen LogP contribution is -2.13. The zero-order valence-electron chi connectivity index (χ0n) is 10.5. The largest absolute Gasteiger partial charge is 0.495 e. The van der Waals surface area contributed by atoms with Gasteiger partial charge in [0.1, 0.15) is 5.75 Å². The predicted octanol–water partition coefficient (Wildman–Crippen LogP) is 2.13. The van der Waals surface area contributed by atoms with Gasteiger partial charge in [-0.3, -0.25) is 9.71 Å². The minimum Gasteiger partial charge on any atom is -0.495 e. The van der Waals surface area contributed by atoms with Gasteiger partial charge in [-0.1, -0.05) is 11.6 Å². The van der Waals surface area contributed by atoms with Gasteiger partial charge in [0.25, 0.3) is 10.0 Å². The molecular weight excluding hydrogens is 302 g/mol. The molecule has 0 bridgehead atoms. The number of nitrogen functional groups attached to an aromatic ring is 1. The first-order chi connectivity index (χ1) is 9.44. The molecule has 2 aromatic rings. The van der Waals surface area contributed by atoms with E-state index in [1.807, 2.05) is 0 Å². The monoisotopic (exact) mass is 313 g/mol. The number of nitrogens with two attached hydrogens (primary N) is 1. The first kappa shape index (κ1) is 14.4. The number of nitrogens with one attached hydrogen (secondary N) is 1. The summed E-state index contributed by atoms with van der Waals surface area (Å²) in [6, 6.07) is 5.67. The lowest BCUT2D eigenvalue weighted by atomic mass is 10.3. The Balaban J connectivity index is 2.36. The van der Waals surface area contributed by atoms with Crippen molar-refractivity contribution in [2.75, 3.05) is 17.6 Å². The number of benzene rings is 1. The van der Waals surface area contributed by atoms with Crippen LogP contribution in [0, 0.1) is 0 Å². The highest BCUT2D eigenvalue weighted by Gasteiger charge is 2.17. The molecule has 6 nitrogen and oxygen atoms in total. The van der Waals surface area contributed by atoms with Gasteiger partial charge in [0.15, 0.2) is 0 Å². The third-order valence-electron chi connectivity index (χ3n) is 2.52. The zero-order valence-corrected chi connectivity index (χ0v) is 12.1. The molecule has 0 saturated heterocycles. The molecule has 0 unspecified atom stereocenters. The van der Waals surface area contributed by atoms with Crippen molar-refractivity contribution in [3.63, 3.8) is 0 Å². The maximum absolute atomic E-state index is 12.2. The van der Waals surface area contributed by atoms with Gasteiger partial charge < -0.3 is 10.5 Å². The third kappa shape index (κ3) is 2.94. The fourth-order valence-electron chi connectivity index (χ4n) is 1.54. The number of aromatic nitrogens is 1. The molecule has 0 fully saturated rings. The summed E-state index contributed by atoms with van der Waals surface area (Å²) in [5.74, 6) is 0.406. The smallest absolute Gasteiger partial charge is 0.262 e. The van der Waals surface area contributed by atoms with Crippen LogP contribution in [0.2, 0.25) is 5.02 Å². The Morgan fingerprint density at radius 2 is 2.10 bits per heavy atom. The standard InChI is InChI=1S/C12H12ClN3O3S/c1-19-12-3-2-8(6-10(12)14)20(17,18)16-11-7-15-5-4-9(11)13/h2-7,16H,14H2,1H3. The van der Waals surface area contributed by atoms with Gasteiger partial charge in [-0.05, 0) is 24.3 Å². The van der Waals surface area contributed by atoms with E-state index in [9.17, 15) is 8.42 Å². The van der Waals surface area contributed by atoms with Gasteiger partial charge in [-0.2, -0.15) is 0 Å². The third-order valence-corrected chi connectivity index (χ3v) is 4.22. The van der Waals surface area contributed by atoms with Gasteiger partial charge in [0.2, 0.25) is 0 Å². The average Bonchev–Trinajstić information content (AvgIpc) is 2.41. The number of methoxy groups -OCH3 is 1.